The van der Waals surface area contributed by atoms with Crippen LogP contribution in [-0.2, 0) is 10.0 Å². The first-order chi connectivity index (χ1) is 6.06. The number of rotatable bonds is 4. The largest absolute Gasteiger partial charge is 0.329 e. The molecule has 0 aliphatic rings. The second kappa shape index (κ2) is 3.75. The summed E-state index contributed by atoms with van der Waals surface area (Å²) in [5.41, 5.74) is 5.66. The average molecular weight is 204 g/mol. The molecule has 1 aromatic rings. The van der Waals surface area contributed by atoms with Crippen LogP contribution in [0.15, 0.2) is 12.4 Å². The van der Waals surface area contributed by atoms with Gasteiger partial charge in [0, 0.05) is 12.7 Å². The van der Waals surface area contributed by atoms with Crippen molar-refractivity contribution >= 4 is 15.7 Å². The first kappa shape index (κ1) is 10.0. The van der Waals surface area contributed by atoms with Gasteiger partial charge in [0.1, 0.15) is 0 Å². The Balaban J connectivity index is 2.74. The molecule has 1 aromatic heterocycles. The molecule has 74 valence electrons. The van der Waals surface area contributed by atoms with Crippen LogP contribution in [0.1, 0.15) is 6.92 Å². The zero-order chi connectivity index (χ0) is 9.90. The van der Waals surface area contributed by atoms with Crippen molar-refractivity contribution in [2.24, 2.45) is 5.73 Å². The van der Waals surface area contributed by atoms with Gasteiger partial charge in [-0.1, -0.05) is 0 Å². The number of aromatic nitrogens is 2. The van der Waals surface area contributed by atoms with E-state index in [4.69, 9.17) is 5.73 Å². The fourth-order valence-electron chi connectivity index (χ4n) is 0.698. The topological polar surface area (TPSA) is 101 Å². The Hall–Kier alpha value is -1.08. The predicted molar refractivity (Wildman–Crippen MR) is 49.6 cm³/mol. The number of hydrogen-bond donors (Lipinski definition) is 3. The fourth-order valence-corrected chi connectivity index (χ4v) is 1.59. The lowest BCUT2D eigenvalue weighted by Crippen LogP contribution is -2.31. The number of aromatic amines is 1. The van der Waals surface area contributed by atoms with Gasteiger partial charge in [0.2, 0.25) is 10.0 Å². The summed E-state index contributed by atoms with van der Waals surface area (Å²) in [5, 5.41) is 5.50. The van der Waals surface area contributed by atoms with Gasteiger partial charge in [0.15, 0.2) is 0 Å². The number of hydrogen-bond acceptors (Lipinski definition) is 4. The van der Waals surface area contributed by atoms with Crippen molar-refractivity contribution in [1.82, 2.24) is 10.2 Å². The molecule has 0 fully saturated rings. The molecule has 1 heterocycles. The van der Waals surface area contributed by atoms with Crippen LogP contribution >= 0.6 is 0 Å². The maximum absolute atomic E-state index is 11.4. The monoisotopic (exact) mass is 204 g/mol. The molecule has 1 unspecified atom stereocenters. The summed E-state index contributed by atoms with van der Waals surface area (Å²) in [6.45, 7) is 1.63. The number of nitrogens with two attached hydrogens (primary N) is 1. The molecule has 0 amide bonds. The molecule has 0 radical (unpaired) electrons. The molecule has 0 aromatic carbocycles. The average Bonchev–Trinajstić information content (AvgIpc) is 2.54. The minimum Gasteiger partial charge on any atom is -0.329 e. The maximum Gasteiger partial charge on any atom is 0.236 e. The molecule has 1 atom stereocenters. The van der Waals surface area contributed by atoms with E-state index in [2.05, 4.69) is 14.9 Å². The number of nitrogens with zero attached hydrogens (tertiary/aromatic N) is 1. The van der Waals surface area contributed by atoms with Crippen molar-refractivity contribution in [1.29, 1.82) is 0 Å². The van der Waals surface area contributed by atoms with E-state index in [-0.39, 0.29) is 6.54 Å². The fraction of sp³-hybridized carbons (Fsp3) is 0.500. The number of sulfonamides is 1. The van der Waals surface area contributed by atoms with Crippen LogP contribution in [0.3, 0.4) is 0 Å². The molecule has 0 bridgehead atoms. The highest BCUT2D eigenvalue weighted by molar-refractivity contribution is 7.93. The van der Waals surface area contributed by atoms with Crippen LogP contribution in [0.4, 0.5) is 5.69 Å². The second-order valence-corrected chi connectivity index (χ2v) is 4.78. The van der Waals surface area contributed by atoms with Crippen LogP contribution in [-0.4, -0.2) is 30.4 Å². The lowest BCUT2D eigenvalue weighted by atomic mass is 10.5. The van der Waals surface area contributed by atoms with Crippen molar-refractivity contribution < 1.29 is 8.42 Å². The smallest absolute Gasteiger partial charge is 0.236 e. The molecule has 7 heteroatoms. The summed E-state index contributed by atoms with van der Waals surface area (Å²) in [6, 6.07) is 0. The Morgan fingerprint density at radius 2 is 2.46 bits per heavy atom. The van der Waals surface area contributed by atoms with Gasteiger partial charge in [-0.05, 0) is 6.92 Å². The Morgan fingerprint density at radius 3 is 2.92 bits per heavy atom. The summed E-state index contributed by atoms with van der Waals surface area (Å²) in [5.74, 6) is 0. The highest BCUT2D eigenvalue weighted by Gasteiger charge is 2.18. The predicted octanol–water partition coefficient (Wildman–Crippen LogP) is -0.501. The third kappa shape index (κ3) is 2.43. The third-order valence-electron chi connectivity index (χ3n) is 1.62. The van der Waals surface area contributed by atoms with Gasteiger partial charge >= 0.3 is 0 Å². The zero-order valence-electron chi connectivity index (χ0n) is 7.19. The van der Waals surface area contributed by atoms with Crippen LogP contribution in [0.25, 0.3) is 0 Å². The van der Waals surface area contributed by atoms with Crippen molar-refractivity contribution in [3.63, 3.8) is 0 Å². The van der Waals surface area contributed by atoms with Crippen molar-refractivity contribution in [2.45, 2.75) is 12.2 Å². The molecule has 0 saturated heterocycles. The quantitative estimate of drug-likeness (QED) is 0.615. The molecule has 6 nitrogen and oxygen atoms in total. The molecule has 1 rings (SSSR count). The SMILES string of the molecule is CC(CN)S(=O)(=O)Nc1cn[nH]c1. The molecular formula is C6H12N4O2S. The van der Waals surface area contributed by atoms with Gasteiger partial charge in [0.25, 0.3) is 0 Å². The van der Waals surface area contributed by atoms with Crippen LogP contribution in [0.2, 0.25) is 0 Å². The summed E-state index contributed by atoms with van der Waals surface area (Å²) in [7, 11) is -3.37. The molecule has 13 heavy (non-hydrogen) atoms. The summed E-state index contributed by atoms with van der Waals surface area (Å²) >= 11 is 0. The molecule has 4 N–H and O–H groups in total. The first-order valence-corrected chi connectivity index (χ1v) is 5.31. The van der Waals surface area contributed by atoms with Gasteiger partial charge in [0.05, 0.1) is 17.1 Å². The molecule has 0 aliphatic heterocycles. The van der Waals surface area contributed by atoms with E-state index in [1.54, 1.807) is 6.92 Å². The Morgan fingerprint density at radius 1 is 1.77 bits per heavy atom. The molecular weight excluding hydrogens is 192 g/mol. The van der Waals surface area contributed by atoms with Crippen molar-refractivity contribution in [3.05, 3.63) is 12.4 Å². The van der Waals surface area contributed by atoms with Crippen LogP contribution in [0, 0.1) is 0 Å². The maximum atomic E-state index is 11.4. The zero-order valence-corrected chi connectivity index (χ0v) is 8.00. The van der Waals surface area contributed by atoms with Crippen molar-refractivity contribution in [2.75, 3.05) is 11.3 Å². The van der Waals surface area contributed by atoms with E-state index in [9.17, 15) is 8.42 Å². The molecule has 0 aliphatic carbocycles. The first-order valence-electron chi connectivity index (χ1n) is 3.76. The number of H-pyrrole nitrogens is 1. The van der Waals surface area contributed by atoms with E-state index in [0.717, 1.165) is 0 Å². The lowest BCUT2D eigenvalue weighted by molar-refractivity contribution is 0.589. The summed E-state index contributed by atoms with van der Waals surface area (Å²) < 4.78 is 25.1. The number of anilines is 1. The van der Waals surface area contributed by atoms with Gasteiger partial charge in [-0.25, -0.2) is 8.42 Å². The van der Waals surface area contributed by atoms with E-state index in [0.29, 0.717) is 5.69 Å². The highest BCUT2D eigenvalue weighted by atomic mass is 32.2. The Kier molecular flexibility index (Phi) is 2.89. The van der Waals surface area contributed by atoms with E-state index in [1.165, 1.54) is 12.4 Å². The van der Waals surface area contributed by atoms with E-state index < -0.39 is 15.3 Å². The Bertz CT molecular complexity index is 345. The second-order valence-electron chi connectivity index (χ2n) is 2.68. The normalized spacial score (nSPS) is 14.0. The third-order valence-corrected chi connectivity index (χ3v) is 3.39. The van der Waals surface area contributed by atoms with E-state index in [1.807, 2.05) is 0 Å². The standard InChI is InChI=1S/C6H12N4O2S/c1-5(2-7)13(11,12)10-6-3-8-9-4-6/h3-5,10H,2,7H2,1H3,(H,8,9). The van der Waals surface area contributed by atoms with Gasteiger partial charge < -0.3 is 5.73 Å². The van der Waals surface area contributed by atoms with Crippen LogP contribution in [0.5, 0.6) is 0 Å². The minimum atomic E-state index is -3.37. The highest BCUT2D eigenvalue weighted by Crippen LogP contribution is 2.08. The van der Waals surface area contributed by atoms with E-state index >= 15 is 0 Å². The van der Waals surface area contributed by atoms with Crippen LogP contribution < -0.4 is 10.5 Å². The molecule has 0 spiro atoms. The van der Waals surface area contributed by atoms with Gasteiger partial charge in [-0.2, -0.15) is 5.10 Å². The number of nitrogens with one attached hydrogen (secondary N) is 2. The van der Waals surface area contributed by atoms with Gasteiger partial charge in [-0.3, -0.25) is 9.82 Å². The van der Waals surface area contributed by atoms with Crippen molar-refractivity contribution in [3.8, 4) is 0 Å². The lowest BCUT2D eigenvalue weighted by Gasteiger charge is -2.10. The summed E-state index contributed by atoms with van der Waals surface area (Å²) in [4.78, 5) is 0. The minimum absolute atomic E-state index is 0.0905. The summed E-state index contributed by atoms with van der Waals surface area (Å²) in [6.07, 6.45) is 2.85. The molecule has 0 saturated carbocycles. The van der Waals surface area contributed by atoms with Gasteiger partial charge in [-0.15, -0.1) is 0 Å². The Labute approximate surface area is 76.6 Å².